The molecule has 0 unspecified atom stereocenters. The van der Waals surface area contributed by atoms with Gasteiger partial charge in [-0.25, -0.2) is 0 Å². The minimum absolute atomic E-state index is 0.182. The summed E-state index contributed by atoms with van der Waals surface area (Å²) in [5.74, 6) is 0. The number of ether oxygens (including phenoxy) is 1. The van der Waals surface area contributed by atoms with Crippen molar-refractivity contribution in [3.05, 3.63) is 0 Å². The highest BCUT2D eigenvalue weighted by Gasteiger charge is 2.26. The molecule has 1 aliphatic rings. The summed E-state index contributed by atoms with van der Waals surface area (Å²) in [6.07, 6.45) is 5.52. The average molecular weight is 210 g/mol. The Hall–Kier alpha value is -0.590. The van der Waals surface area contributed by atoms with Crippen LogP contribution in [-0.2, 0) is 4.74 Å². The molecule has 0 heterocycles. The van der Waals surface area contributed by atoms with Gasteiger partial charge in [-0.3, -0.25) is 0 Å². The topological polar surface area (TPSA) is 59.0 Å². The summed E-state index contributed by atoms with van der Waals surface area (Å²) in [5, 5.41) is 8.82. The molecule has 0 amide bonds. The third kappa shape index (κ3) is 4.63. The Morgan fingerprint density at radius 3 is 2.60 bits per heavy atom. The van der Waals surface area contributed by atoms with E-state index in [9.17, 15) is 0 Å². The van der Waals surface area contributed by atoms with E-state index in [1.165, 1.54) is 0 Å². The highest BCUT2D eigenvalue weighted by atomic mass is 16.5. The van der Waals surface area contributed by atoms with E-state index < -0.39 is 0 Å². The number of rotatable bonds is 6. The van der Waals surface area contributed by atoms with Crippen molar-refractivity contribution in [3.63, 3.8) is 0 Å². The van der Waals surface area contributed by atoms with E-state index in [1.54, 1.807) is 0 Å². The van der Waals surface area contributed by atoms with Gasteiger partial charge in [0.1, 0.15) is 0 Å². The highest BCUT2D eigenvalue weighted by molar-refractivity contribution is 4.91. The molecule has 15 heavy (non-hydrogen) atoms. The first kappa shape index (κ1) is 12.5. The van der Waals surface area contributed by atoms with Crippen LogP contribution in [0.4, 0.5) is 0 Å². The third-order valence-corrected chi connectivity index (χ3v) is 2.98. The fourth-order valence-electron chi connectivity index (χ4n) is 1.72. The maximum atomic E-state index is 8.82. The minimum Gasteiger partial charge on any atom is -0.378 e. The molecule has 2 N–H and O–H groups in total. The molecule has 1 aliphatic carbocycles. The van der Waals surface area contributed by atoms with Gasteiger partial charge in [0.05, 0.1) is 17.6 Å². The van der Waals surface area contributed by atoms with Crippen LogP contribution >= 0.6 is 0 Å². The standard InChI is InChI=1S/C12H22N2O/c1-12(2,9-13)5-3-4-6-15-11-7-10(14)8-11/h10-11H,3-8,14H2,1-2H3. The molecule has 0 aliphatic heterocycles. The van der Waals surface area contributed by atoms with E-state index >= 15 is 0 Å². The van der Waals surface area contributed by atoms with Crippen molar-refractivity contribution in [1.29, 1.82) is 5.26 Å². The summed E-state index contributed by atoms with van der Waals surface area (Å²) in [5.41, 5.74) is 5.48. The third-order valence-electron chi connectivity index (χ3n) is 2.98. The van der Waals surface area contributed by atoms with Gasteiger partial charge >= 0.3 is 0 Å². The van der Waals surface area contributed by atoms with Crippen LogP contribution < -0.4 is 5.73 Å². The normalized spacial score (nSPS) is 25.7. The van der Waals surface area contributed by atoms with Crippen LogP contribution in [0, 0.1) is 16.7 Å². The van der Waals surface area contributed by atoms with Crippen LogP contribution in [-0.4, -0.2) is 18.8 Å². The maximum absolute atomic E-state index is 8.82. The molecule has 0 atom stereocenters. The van der Waals surface area contributed by atoms with Crippen LogP contribution in [0.3, 0.4) is 0 Å². The zero-order valence-corrected chi connectivity index (χ0v) is 9.83. The molecule has 0 aromatic heterocycles. The molecule has 0 spiro atoms. The first-order valence-electron chi connectivity index (χ1n) is 5.82. The largest absolute Gasteiger partial charge is 0.378 e. The Kier molecular flexibility index (Phi) is 4.56. The van der Waals surface area contributed by atoms with Gasteiger partial charge in [0.25, 0.3) is 0 Å². The number of hydrogen-bond acceptors (Lipinski definition) is 3. The van der Waals surface area contributed by atoms with Crippen LogP contribution in [0.2, 0.25) is 0 Å². The first-order chi connectivity index (χ1) is 7.03. The molecule has 0 aromatic rings. The molecule has 86 valence electrons. The summed E-state index contributed by atoms with van der Waals surface area (Å²) in [7, 11) is 0. The molecular weight excluding hydrogens is 188 g/mol. The molecule has 1 saturated carbocycles. The highest BCUT2D eigenvalue weighted by Crippen LogP contribution is 2.23. The van der Waals surface area contributed by atoms with Crippen LogP contribution in [0.25, 0.3) is 0 Å². The number of nitriles is 1. The summed E-state index contributed by atoms with van der Waals surface area (Å²) in [4.78, 5) is 0. The van der Waals surface area contributed by atoms with Gasteiger partial charge in [0, 0.05) is 12.6 Å². The fourth-order valence-corrected chi connectivity index (χ4v) is 1.72. The van der Waals surface area contributed by atoms with Crippen molar-refractivity contribution in [3.8, 4) is 6.07 Å². The number of hydrogen-bond donors (Lipinski definition) is 1. The van der Waals surface area contributed by atoms with Gasteiger partial charge in [-0.15, -0.1) is 0 Å². The van der Waals surface area contributed by atoms with Gasteiger partial charge in [-0.05, 0) is 46.0 Å². The van der Waals surface area contributed by atoms with E-state index in [2.05, 4.69) is 6.07 Å². The smallest absolute Gasteiger partial charge is 0.0683 e. The Bertz CT molecular complexity index is 226. The number of nitrogens with zero attached hydrogens (tertiary/aromatic N) is 1. The second-order valence-electron chi connectivity index (χ2n) is 5.18. The molecular formula is C12H22N2O. The van der Waals surface area contributed by atoms with Crippen LogP contribution in [0.15, 0.2) is 0 Å². The van der Waals surface area contributed by atoms with E-state index in [0.29, 0.717) is 12.1 Å². The number of nitrogens with two attached hydrogens (primary N) is 1. The molecule has 3 heteroatoms. The lowest BCUT2D eigenvalue weighted by molar-refractivity contribution is -0.0102. The molecule has 0 saturated heterocycles. The quantitative estimate of drug-likeness (QED) is 0.684. The minimum atomic E-state index is -0.182. The van der Waals surface area contributed by atoms with Gasteiger partial charge in [-0.2, -0.15) is 5.26 Å². The van der Waals surface area contributed by atoms with Crippen molar-refractivity contribution in [2.75, 3.05) is 6.61 Å². The van der Waals surface area contributed by atoms with Gasteiger partial charge < -0.3 is 10.5 Å². The van der Waals surface area contributed by atoms with Crippen LogP contribution in [0.1, 0.15) is 46.0 Å². The van der Waals surface area contributed by atoms with Gasteiger partial charge in [0.2, 0.25) is 0 Å². The van der Waals surface area contributed by atoms with Crippen molar-refractivity contribution in [2.24, 2.45) is 11.1 Å². The molecule has 0 bridgehead atoms. The lowest BCUT2D eigenvalue weighted by Crippen LogP contribution is -2.41. The Labute approximate surface area is 92.6 Å². The molecule has 0 aromatic carbocycles. The fraction of sp³-hybridized carbons (Fsp3) is 0.917. The van der Waals surface area contributed by atoms with Crippen molar-refractivity contribution in [1.82, 2.24) is 0 Å². The second-order valence-corrected chi connectivity index (χ2v) is 5.18. The van der Waals surface area contributed by atoms with Gasteiger partial charge in [0.15, 0.2) is 0 Å². The van der Waals surface area contributed by atoms with E-state index in [4.69, 9.17) is 15.7 Å². The molecule has 0 radical (unpaired) electrons. The summed E-state index contributed by atoms with van der Waals surface area (Å²) in [6.45, 7) is 4.79. The van der Waals surface area contributed by atoms with Crippen molar-refractivity contribution < 1.29 is 4.74 Å². The van der Waals surface area contributed by atoms with Gasteiger partial charge in [-0.1, -0.05) is 0 Å². The predicted molar refractivity (Wildman–Crippen MR) is 60.2 cm³/mol. The lowest BCUT2D eigenvalue weighted by Gasteiger charge is -2.32. The van der Waals surface area contributed by atoms with Crippen LogP contribution in [0.5, 0.6) is 0 Å². The molecule has 1 rings (SSSR count). The lowest BCUT2D eigenvalue weighted by atomic mass is 9.89. The predicted octanol–water partition coefficient (Wildman–Crippen LogP) is 2.21. The number of unbranched alkanes of at least 4 members (excludes halogenated alkanes) is 1. The molecule has 3 nitrogen and oxygen atoms in total. The average Bonchev–Trinajstić information content (AvgIpc) is 2.14. The SMILES string of the molecule is CC(C)(C#N)CCCCOC1CC(N)C1. The van der Waals surface area contributed by atoms with Crippen molar-refractivity contribution in [2.45, 2.75) is 58.1 Å². The summed E-state index contributed by atoms with van der Waals surface area (Å²) in [6, 6.07) is 2.68. The Morgan fingerprint density at radius 1 is 1.40 bits per heavy atom. The van der Waals surface area contributed by atoms with Crippen molar-refractivity contribution >= 4 is 0 Å². The summed E-state index contributed by atoms with van der Waals surface area (Å²) >= 11 is 0. The van der Waals surface area contributed by atoms with E-state index in [0.717, 1.165) is 38.7 Å². The molecule has 1 fully saturated rings. The zero-order valence-electron chi connectivity index (χ0n) is 9.83. The van der Waals surface area contributed by atoms with E-state index in [1.807, 2.05) is 13.8 Å². The zero-order chi connectivity index (χ0) is 11.3. The summed E-state index contributed by atoms with van der Waals surface area (Å²) < 4.78 is 5.63. The first-order valence-corrected chi connectivity index (χ1v) is 5.82. The Morgan fingerprint density at radius 2 is 2.07 bits per heavy atom. The monoisotopic (exact) mass is 210 g/mol. The second kappa shape index (κ2) is 5.48. The Balaban J connectivity index is 1.92. The maximum Gasteiger partial charge on any atom is 0.0683 e. The van der Waals surface area contributed by atoms with E-state index in [-0.39, 0.29) is 5.41 Å².